The predicted octanol–water partition coefficient (Wildman–Crippen LogP) is 0.523. The van der Waals surface area contributed by atoms with E-state index in [2.05, 4.69) is 10.1 Å². The van der Waals surface area contributed by atoms with Crippen LogP contribution in [0.1, 0.15) is 24.0 Å². The zero-order valence-corrected chi connectivity index (χ0v) is 14.3. The molecule has 4 rings (SSSR count). The first-order valence-electron chi connectivity index (χ1n) is 7.83. The SMILES string of the molecule is CC1=NOC(C(=O)N2CC3(CN(C(=O)c4ncc(Cl)n4C)C3)C2)C1. The predicted molar refractivity (Wildman–Crippen MR) is 85.7 cm³/mol. The molecule has 0 aromatic carbocycles. The van der Waals surface area contributed by atoms with Crippen molar-refractivity contribution < 1.29 is 14.4 Å². The summed E-state index contributed by atoms with van der Waals surface area (Å²) in [4.78, 5) is 37.5. The second-order valence-electron chi connectivity index (χ2n) is 6.94. The Balaban J connectivity index is 1.30. The fourth-order valence-corrected chi connectivity index (χ4v) is 3.72. The van der Waals surface area contributed by atoms with Crippen LogP contribution >= 0.6 is 11.6 Å². The van der Waals surface area contributed by atoms with E-state index in [0.717, 1.165) is 5.71 Å². The van der Waals surface area contributed by atoms with Crippen LogP contribution in [0.5, 0.6) is 0 Å². The number of aromatic nitrogens is 2. The summed E-state index contributed by atoms with van der Waals surface area (Å²) in [6, 6.07) is 0. The lowest BCUT2D eigenvalue weighted by molar-refractivity contribution is -0.164. The first-order chi connectivity index (χ1) is 11.4. The molecule has 0 bridgehead atoms. The van der Waals surface area contributed by atoms with E-state index in [1.54, 1.807) is 21.4 Å². The van der Waals surface area contributed by atoms with Crippen molar-refractivity contribution in [1.82, 2.24) is 19.4 Å². The molecule has 4 heterocycles. The number of rotatable bonds is 2. The molecule has 1 spiro atoms. The van der Waals surface area contributed by atoms with E-state index >= 15 is 0 Å². The molecular formula is C15H18ClN5O3. The lowest BCUT2D eigenvalue weighted by atomic mass is 9.72. The Labute approximate surface area is 144 Å². The number of amides is 2. The first kappa shape index (κ1) is 15.4. The minimum absolute atomic E-state index is 0.0121. The molecule has 24 heavy (non-hydrogen) atoms. The van der Waals surface area contributed by atoms with E-state index in [-0.39, 0.29) is 17.2 Å². The molecule has 1 aromatic heterocycles. The van der Waals surface area contributed by atoms with Gasteiger partial charge in [-0.1, -0.05) is 16.8 Å². The van der Waals surface area contributed by atoms with Crippen LogP contribution in [0.15, 0.2) is 11.4 Å². The normalized spacial score (nSPS) is 24.3. The summed E-state index contributed by atoms with van der Waals surface area (Å²) in [6.45, 7) is 4.46. The summed E-state index contributed by atoms with van der Waals surface area (Å²) in [5.74, 6) is 0.207. The summed E-state index contributed by atoms with van der Waals surface area (Å²) < 4.78 is 1.57. The Morgan fingerprint density at radius 2 is 1.96 bits per heavy atom. The number of carbonyl (C=O) groups is 2. The van der Waals surface area contributed by atoms with Crippen molar-refractivity contribution in [3.05, 3.63) is 17.2 Å². The van der Waals surface area contributed by atoms with E-state index in [4.69, 9.17) is 16.4 Å². The van der Waals surface area contributed by atoms with Gasteiger partial charge in [0.2, 0.25) is 6.10 Å². The molecule has 9 heteroatoms. The van der Waals surface area contributed by atoms with Crippen LogP contribution in [0.4, 0.5) is 0 Å². The molecule has 0 aliphatic carbocycles. The second-order valence-corrected chi connectivity index (χ2v) is 7.33. The van der Waals surface area contributed by atoms with Gasteiger partial charge >= 0.3 is 0 Å². The van der Waals surface area contributed by atoms with Gasteiger partial charge < -0.3 is 19.2 Å². The Kier molecular flexibility index (Phi) is 3.35. The number of hydrogen-bond donors (Lipinski definition) is 0. The molecule has 0 N–H and O–H groups in total. The lowest BCUT2D eigenvalue weighted by Gasteiger charge is -2.60. The van der Waals surface area contributed by atoms with Gasteiger partial charge in [-0.2, -0.15) is 0 Å². The average Bonchev–Trinajstić information content (AvgIpc) is 3.03. The molecular weight excluding hydrogens is 334 g/mol. The van der Waals surface area contributed by atoms with Crippen LogP contribution in [0.2, 0.25) is 5.15 Å². The lowest BCUT2D eigenvalue weighted by Crippen LogP contribution is -2.74. The van der Waals surface area contributed by atoms with E-state index in [0.29, 0.717) is 43.6 Å². The van der Waals surface area contributed by atoms with Crippen molar-refractivity contribution in [2.75, 3.05) is 26.2 Å². The Morgan fingerprint density at radius 1 is 1.29 bits per heavy atom. The minimum Gasteiger partial charge on any atom is -0.382 e. The zero-order valence-electron chi connectivity index (χ0n) is 13.5. The van der Waals surface area contributed by atoms with Crippen LogP contribution in [0, 0.1) is 5.41 Å². The van der Waals surface area contributed by atoms with Gasteiger partial charge in [-0.05, 0) is 6.92 Å². The van der Waals surface area contributed by atoms with Gasteiger partial charge in [0.05, 0.1) is 11.9 Å². The molecule has 2 saturated heterocycles. The number of hydrogen-bond acceptors (Lipinski definition) is 5. The van der Waals surface area contributed by atoms with Crippen molar-refractivity contribution in [3.8, 4) is 0 Å². The number of imidazole rings is 1. The average molecular weight is 352 g/mol. The summed E-state index contributed by atoms with van der Waals surface area (Å²) in [5, 5.41) is 4.26. The van der Waals surface area contributed by atoms with Crippen LogP contribution in [0.25, 0.3) is 0 Å². The number of halogens is 1. The summed E-state index contributed by atoms with van der Waals surface area (Å²) >= 11 is 5.92. The fraction of sp³-hybridized carbons (Fsp3) is 0.600. The van der Waals surface area contributed by atoms with E-state index in [1.807, 2.05) is 6.92 Å². The van der Waals surface area contributed by atoms with E-state index in [9.17, 15) is 9.59 Å². The van der Waals surface area contributed by atoms with Crippen molar-refractivity contribution in [2.24, 2.45) is 17.6 Å². The molecule has 1 aromatic rings. The topological polar surface area (TPSA) is 80.0 Å². The standard InChI is InChI=1S/C15H18ClN5O3/c1-9-3-10(24-18-9)13(22)20-5-15(6-20)7-21(8-15)14(23)12-17-4-11(16)19(12)2/h4,10H,3,5-8H2,1-2H3. The molecule has 1 atom stereocenters. The van der Waals surface area contributed by atoms with Crippen LogP contribution < -0.4 is 0 Å². The van der Waals surface area contributed by atoms with Crippen molar-refractivity contribution in [1.29, 1.82) is 0 Å². The maximum absolute atomic E-state index is 12.4. The molecule has 0 radical (unpaired) electrons. The molecule has 2 amide bonds. The molecule has 128 valence electrons. The highest BCUT2D eigenvalue weighted by Crippen LogP contribution is 2.40. The minimum atomic E-state index is -0.477. The summed E-state index contributed by atoms with van der Waals surface area (Å²) in [5.41, 5.74) is 0.868. The van der Waals surface area contributed by atoms with Gasteiger partial charge in [0.1, 0.15) is 5.15 Å². The maximum Gasteiger partial charge on any atom is 0.289 e. The largest absolute Gasteiger partial charge is 0.382 e. The van der Waals surface area contributed by atoms with Crippen LogP contribution in [0.3, 0.4) is 0 Å². The van der Waals surface area contributed by atoms with Gasteiger partial charge in [0, 0.05) is 45.1 Å². The highest BCUT2D eigenvalue weighted by Gasteiger charge is 2.55. The van der Waals surface area contributed by atoms with Gasteiger partial charge in [0.25, 0.3) is 11.8 Å². The Bertz CT molecular complexity index is 744. The molecule has 0 saturated carbocycles. The Hall–Kier alpha value is -2.09. The smallest absolute Gasteiger partial charge is 0.289 e. The number of likely N-dealkylation sites (tertiary alicyclic amines) is 2. The molecule has 2 fully saturated rings. The van der Waals surface area contributed by atoms with E-state index in [1.165, 1.54) is 6.20 Å². The van der Waals surface area contributed by atoms with Crippen LogP contribution in [-0.4, -0.2) is 69.2 Å². The maximum atomic E-state index is 12.4. The van der Waals surface area contributed by atoms with Crippen molar-refractivity contribution in [3.63, 3.8) is 0 Å². The molecule has 1 unspecified atom stereocenters. The highest BCUT2D eigenvalue weighted by atomic mass is 35.5. The van der Waals surface area contributed by atoms with Gasteiger partial charge in [0.15, 0.2) is 5.82 Å². The third kappa shape index (κ3) is 2.28. The Morgan fingerprint density at radius 3 is 2.50 bits per heavy atom. The highest BCUT2D eigenvalue weighted by molar-refractivity contribution is 6.29. The molecule has 3 aliphatic heterocycles. The molecule has 3 aliphatic rings. The second kappa shape index (κ2) is 5.20. The monoisotopic (exact) mass is 351 g/mol. The van der Waals surface area contributed by atoms with Crippen molar-refractivity contribution in [2.45, 2.75) is 19.4 Å². The van der Waals surface area contributed by atoms with Gasteiger partial charge in [-0.25, -0.2) is 4.98 Å². The summed E-state index contributed by atoms with van der Waals surface area (Å²) in [6.07, 6.45) is 1.56. The number of oxime groups is 1. The first-order valence-corrected chi connectivity index (χ1v) is 8.21. The molecule has 8 nitrogen and oxygen atoms in total. The number of carbonyl (C=O) groups excluding carboxylic acids is 2. The van der Waals surface area contributed by atoms with Gasteiger partial charge in [-0.3, -0.25) is 9.59 Å². The van der Waals surface area contributed by atoms with E-state index < -0.39 is 6.10 Å². The fourth-order valence-electron chi connectivity index (χ4n) is 3.59. The third-order valence-electron chi connectivity index (χ3n) is 4.92. The van der Waals surface area contributed by atoms with Gasteiger partial charge in [-0.15, -0.1) is 0 Å². The summed E-state index contributed by atoms with van der Waals surface area (Å²) in [7, 11) is 1.72. The van der Waals surface area contributed by atoms with Crippen molar-refractivity contribution >= 4 is 29.1 Å². The quantitative estimate of drug-likeness (QED) is 0.778. The third-order valence-corrected chi connectivity index (χ3v) is 5.27. The zero-order chi connectivity index (χ0) is 17.1. The number of nitrogens with zero attached hydrogens (tertiary/aromatic N) is 5. The van der Waals surface area contributed by atoms with Crippen LogP contribution in [-0.2, 0) is 16.7 Å².